The van der Waals surface area contributed by atoms with Gasteiger partial charge in [-0.3, -0.25) is 0 Å². The van der Waals surface area contributed by atoms with Crippen molar-refractivity contribution in [2.24, 2.45) is 5.73 Å². The van der Waals surface area contributed by atoms with E-state index in [-0.39, 0.29) is 23.8 Å². The lowest BCUT2D eigenvalue weighted by molar-refractivity contribution is 0.317. The predicted molar refractivity (Wildman–Crippen MR) is 82.9 cm³/mol. The maximum Gasteiger partial charge on any atom is 0.240 e. The number of nitrogens with one attached hydrogen (secondary N) is 1. The molecule has 0 unspecified atom stereocenters. The molecule has 1 aromatic carbocycles. The number of nitrogens with two attached hydrogens (primary N) is 1. The summed E-state index contributed by atoms with van der Waals surface area (Å²) in [6.07, 6.45) is 0.910. The molecule has 0 saturated carbocycles. The maximum absolute atomic E-state index is 12.0. The Morgan fingerprint density at radius 1 is 1.25 bits per heavy atom. The minimum Gasteiger partial charge on any atom is -0.494 e. The van der Waals surface area contributed by atoms with Gasteiger partial charge in [0.15, 0.2) is 0 Å². The number of benzene rings is 1. The third-order valence-corrected chi connectivity index (χ3v) is 3.74. The Morgan fingerprint density at radius 2 is 1.80 bits per heavy atom. The lowest BCUT2D eigenvalue weighted by Crippen LogP contribution is -2.45. The van der Waals surface area contributed by atoms with Crippen LogP contribution < -0.4 is 15.2 Å². The maximum atomic E-state index is 12.0. The molecule has 0 saturated heterocycles. The van der Waals surface area contributed by atoms with E-state index in [9.17, 15) is 8.42 Å². The predicted octanol–water partition coefficient (Wildman–Crippen LogP) is 1.91. The quantitative estimate of drug-likeness (QED) is 0.803. The SMILES string of the molecule is CCCOc1ccc(S(=O)(=O)NCC(C)(C)N)cc1.Cl. The molecular weight excluding hydrogens is 300 g/mol. The van der Waals surface area contributed by atoms with Crippen molar-refractivity contribution >= 4 is 22.4 Å². The van der Waals surface area contributed by atoms with E-state index in [2.05, 4.69) is 4.72 Å². The van der Waals surface area contributed by atoms with Gasteiger partial charge in [-0.1, -0.05) is 6.92 Å². The first-order valence-electron chi connectivity index (χ1n) is 6.26. The van der Waals surface area contributed by atoms with Gasteiger partial charge < -0.3 is 10.5 Å². The van der Waals surface area contributed by atoms with Gasteiger partial charge in [0.2, 0.25) is 10.0 Å². The molecule has 0 amide bonds. The van der Waals surface area contributed by atoms with Gasteiger partial charge in [-0.05, 0) is 44.5 Å². The standard InChI is InChI=1S/C13H22N2O3S.ClH/c1-4-9-18-11-5-7-12(8-6-11)19(16,17)15-10-13(2,3)14;/h5-8,15H,4,9-10,14H2,1-3H3;1H. The summed E-state index contributed by atoms with van der Waals surface area (Å²) in [5.41, 5.74) is 5.17. The Kier molecular flexibility index (Phi) is 7.51. The van der Waals surface area contributed by atoms with Gasteiger partial charge in [0.25, 0.3) is 0 Å². The summed E-state index contributed by atoms with van der Waals surface area (Å²) in [5, 5.41) is 0. The normalized spacial score (nSPS) is 11.8. The molecule has 0 spiro atoms. The zero-order chi connectivity index (χ0) is 14.5. The number of sulfonamides is 1. The second kappa shape index (κ2) is 7.83. The fraction of sp³-hybridized carbons (Fsp3) is 0.538. The average molecular weight is 323 g/mol. The second-order valence-electron chi connectivity index (χ2n) is 5.13. The highest BCUT2D eigenvalue weighted by molar-refractivity contribution is 7.89. The summed E-state index contributed by atoms with van der Waals surface area (Å²) in [4.78, 5) is 0.209. The molecular formula is C13H23ClN2O3S. The van der Waals surface area contributed by atoms with Crippen LogP contribution in [0, 0.1) is 0 Å². The van der Waals surface area contributed by atoms with Crippen molar-refractivity contribution in [1.29, 1.82) is 0 Å². The van der Waals surface area contributed by atoms with Crippen LogP contribution in [0.2, 0.25) is 0 Å². The van der Waals surface area contributed by atoms with Crippen LogP contribution in [0.1, 0.15) is 27.2 Å². The molecule has 0 radical (unpaired) electrons. The van der Waals surface area contributed by atoms with E-state index in [1.165, 1.54) is 12.1 Å². The highest BCUT2D eigenvalue weighted by Crippen LogP contribution is 2.16. The van der Waals surface area contributed by atoms with Crippen LogP contribution in [0.15, 0.2) is 29.2 Å². The van der Waals surface area contributed by atoms with E-state index < -0.39 is 15.6 Å². The smallest absolute Gasteiger partial charge is 0.240 e. The molecule has 7 heteroatoms. The summed E-state index contributed by atoms with van der Waals surface area (Å²) in [6, 6.07) is 6.35. The summed E-state index contributed by atoms with van der Waals surface area (Å²) >= 11 is 0. The van der Waals surface area contributed by atoms with Crippen LogP contribution in [0.4, 0.5) is 0 Å². The molecule has 0 aromatic heterocycles. The fourth-order valence-corrected chi connectivity index (χ4v) is 2.52. The van der Waals surface area contributed by atoms with E-state index in [0.29, 0.717) is 12.4 Å². The molecule has 1 rings (SSSR count). The molecule has 0 fully saturated rings. The Hall–Kier alpha value is -0.820. The highest BCUT2D eigenvalue weighted by Gasteiger charge is 2.18. The minimum absolute atomic E-state index is 0. The van der Waals surface area contributed by atoms with E-state index in [1.54, 1.807) is 26.0 Å². The van der Waals surface area contributed by atoms with Crippen molar-refractivity contribution in [3.05, 3.63) is 24.3 Å². The molecule has 0 atom stereocenters. The van der Waals surface area contributed by atoms with Crippen LogP contribution in [0.5, 0.6) is 5.75 Å². The topological polar surface area (TPSA) is 81.4 Å². The minimum atomic E-state index is -3.52. The third-order valence-electron chi connectivity index (χ3n) is 2.32. The zero-order valence-corrected chi connectivity index (χ0v) is 13.7. The lowest BCUT2D eigenvalue weighted by atomic mass is 10.1. The van der Waals surface area contributed by atoms with Gasteiger partial charge >= 0.3 is 0 Å². The molecule has 0 heterocycles. The van der Waals surface area contributed by atoms with Crippen molar-refractivity contribution in [3.63, 3.8) is 0 Å². The molecule has 5 nitrogen and oxygen atoms in total. The summed E-state index contributed by atoms with van der Waals surface area (Å²) in [5.74, 6) is 0.667. The van der Waals surface area contributed by atoms with E-state index in [1.807, 2.05) is 6.92 Å². The summed E-state index contributed by atoms with van der Waals surface area (Å²) < 4.78 is 31.9. The molecule has 20 heavy (non-hydrogen) atoms. The first-order valence-corrected chi connectivity index (χ1v) is 7.74. The zero-order valence-electron chi connectivity index (χ0n) is 12.0. The van der Waals surface area contributed by atoms with Crippen LogP contribution in [-0.2, 0) is 10.0 Å². The Morgan fingerprint density at radius 3 is 2.25 bits per heavy atom. The number of hydrogen-bond acceptors (Lipinski definition) is 4. The summed E-state index contributed by atoms with van der Waals surface area (Å²) in [7, 11) is -3.52. The van der Waals surface area contributed by atoms with E-state index in [0.717, 1.165) is 6.42 Å². The molecule has 3 N–H and O–H groups in total. The monoisotopic (exact) mass is 322 g/mol. The third kappa shape index (κ3) is 6.56. The van der Waals surface area contributed by atoms with Crippen molar-refractivity contribution in [2.45, 2.75) is 37.6 Å². The van der Waals surface area contributed by atoms with Gasteiger partial charge in [-0.15, -0.1) is 12.4 Å². The number of hydrogen-bond donors (Lipinski definition) is 2. The molecule has 0 aliphatic carbocycles. The first kappa shape index (κ1) is 19.2. The average Bonchev–Trinajstić information content (AvgIpc) is 2.34. The van der Waals surface area contributed by atoms with Crippen molar-refractivity contribution in [3.8, 4) is 5.75 Å². The largest absolute Gasteiger partial charge is 0.494 e. The van der Waals surface area contributed by atoms with Crippen molar-refractivity contribution in [1.82, 2.24) is 4.72 Å². The van der Waals surface area contributed by atoms with Gasteiger partial charge in [0.1, 0.15) is 5.75 Å². The lowest BCUT2D eigenvalue weighted by Gasteiger charge is -2.19. The summed E-state index contributed by atoms with van der Waals surface area (Å²) in [6.45, 7) is 6.33. The second-order valence-corrected chi connectivity index (χ2v) is 6.90. The molecule has 116 valence electrons. The van der Waals surface area contributed by atoms with Crippen molar-refractivity contribution < 1.29 is 13.2 Å². The van der Waals surface area contributed by atoms with Crippen LogP contribution in [0.3, 0.4) is 0 Å². The Balaban J connectivity index is 0.00000361. The Labute approximate surface area is 127 Å². The molecule has 0 bridgehead atoms. The van der Waals surface area contributed by atoms with Crippen LogP contribution in [0.25, 0.3) is 0 Å². The molecule has 0 aliphatic rings. The fourth-order valence-electron chi connectivity index (χ4n) is 1.30. The first-order chi connectivity index (χ1) is 8.74. The van der Waals surface area contributed by atoms with Crippen LogP contribution >= 0.6 is 12.4 Å². The van der Waals surface area contributed by atoms with Gasteiger partial charge in [-0.25, -0.2) is 13.1 Å². The van der Waals surface area contributed by atoms with Crippen LogP contribution in [-0.4, -0.2) is 27.1 Å². The van der Waals surface area contributed by atoms with E-state index >= 15 is 0 Å². The van der Waals surface area contributed by atoms with Gasteiger partial charge in [0.05, 0.1) is 11.5 Å². The number of rotatable bonds is 7. The van der Waals surface area contributed by atoms with Gasteiger partial charge in [-0.2, -0.15) is 0 Å². The number of ether oxygens (including phenoxy) is 1. The Bertz CT molecular complexity index is 495. The molecule has 0 aliphatic heterocycles. The molecule has 1 aromatic rings. The number of halogens is 1. The van der Waals surface area contributed by atoms with Crippen molar-refractivity contribution in [2.75, 3.05) is 13.2 Å². The highest BCUT2D eigenvalue weighted by atomic mass is 35.5. The van der Waals surface area contributed by atoms with Gasteiger partial charge in [0, 0.05) is 12.1 Å². The van der Waals surface area contributed by atoms with E-state index in [4.69, 9.17) is 10.5 Å².